The van der Waals surface area contributed by atoms with Gasteiger partial charge in [0.2, 0.25) is 0 Å². The lowest BCUT2D eigenvalue weighted by atomic mass is 9.91. The lowest BCUT2D eigenvalue weighted by molar-refractivity contribution is -0.132. The Morgan fingerprint density at radius 2 is 1.43 bits per heavy atom. The lowest BCUT2D eigenvalue weighted by Gasteiger charge is -2.24. The van der Waals surface area contributed by atoms with E-state index in [1.54, 1.807) is 43.3 Å². The maximum atomic E-state index is 13.4. The molecule has 0 bridgehead atoms. The minimum Gasteiger partial charge on any atom is -0.389 e. The lowest BCUT2D eigenvalue weighted by Crippen LogP contribution is -2.42. The van der Waals surface area contributed by atoms with Crippen molar-refractivity contribution in [2.24, 2.45) is 0 Å². The van der Waals surface area contributed by atoms with Gasteiger partial charge in [-0.25, -0.2) is 13.6 Å². The van der Waals surface area contributed by atoms with Gasteiger partial charge in [0, 0.05) is 0 Å². The van der Waals surface area contributed by atoms with E-state index in [9.17, 15) is 23.5 Å². The topological polar surface area (TPSA) is 78.9 Å². The molecule has 2 atom stereocenters. The Hall–Kier alpha value is -3.62. The Morgan fingerprint density at radius 3 is 1.94 bits per heavy atom. The van der Waals surface area contributed by atoms with E-state index in [-0.39, 0.29) is 13.2 Å². The van der Waals surface area contributed by atoms with Crippen LogP contribution in [0.25, 0.3) is 0 Å². The first-order valence-corrected chi connectivity index (χ1v) is 11.2. The fraction of sp³-hybridized carbons (Fsp3) is 0.259. The summed E-state index contributed by atoms with van der Waals surface area (Å²) in [5.74, 6) is -1.30. The van der Waals surface area contributed by atoms with Gasteiger partial charge in [-0.05, 0) is 54.8 Å². The molecule has 182 valence electrons. The SMILES string of the molecule is Cc1ccc(C2(C)NC(=O)N(CC(O)COC(c3ccc(F)cc3)c3ccc(F)cc3)C2=O)cc1. The Balaban J connectivity index is 1.46. The Bertz CT molecular complexity index is 1150. The molecule has 0 spiro atoms. The summed E-state index contributed by atoms with van der Waals surface area (Å²) in [7, 11) is 0. The van der Waals surface area contributed by atoms with Crippen molar-refractivity contribution in [1.82, 2.24) is 10.2 Å². The smallest absolute Gasteiger partial charge is 0.325 e. The molecule has 0 aromatic heterocycles. The van der Waals surface area contributed by atoms with Gasteiger partial charge in [0.15, 0.2) is 0 Å². The minimum absolute atomic E-state index is 0.224. The van der Waals surface area contributed by atoms with Crippen molar-refractivity contribution >= 4 is 11.9 Å². The van der Waals surface area contributed by atoms with Crippen LogP contribution >= 0.6 is 0 Å². The molecule has 0 radical (unpaired) electrons. The molecule has 3 amide bonds. The number of aryl methyl sites for hydroxylation is 1. The van der Waals surface area contributed by atoms with E-state index in [1.165, 1.54) is 24.3 Å². The van der Waals surface area contributed by atoms with Crippen LogP contribution in [0.15, 0.2) is 72.8 Å². The summed E-state index contributed by atoms with van der Waals surface area (Å²) in [6, 6.07) is 18.0. The van der Waals surface area contributed by atoms with Crippen molar-refractivity contribution < 1.29 is 28.2 Å². The van der Waals surface area contributed by atoms with Crippen LogP contribution < -0.4 is 5.32 Å². The monoisotopic (exact) mass is 480 g/mol. The predicted molar refractivity (Wildman–Crippen MR) is 125 cm³/mol. The number of hydrogen-bond acceptors (Lipinski definition) is 4. The van der Waals surface area contributed by atoms with Crippen molar-refractivity contribution in [1.29, 1.82) is 0 Å². The van der Waals surface area contributed by atoms with Gasteiger partial charge in [-0.3, -0.25) is 9.69 Å². The number of carbonyl (C=O) groups excluding carboxylic acids is 2. The standard InChI is InChI=1S/C27H26F2N2O4/c1-17-3-9-20(10-4-17)27(2)25(33)31(26(34)30-27)15-23(32)16-35-24(18-5-11-21(28)12-6-18)19-7-13-22(29)14-8-19/h3-14,23-24,32H,15-16H2,1-2H3,(H,30,34). The number of aliphatic hydroxyl groups excluding tert-OH is 1. The van der Waals surface area contributed by atoms with Crippen molar-refractivity contribution in [3.63, 3.8) is 0 Å². The number of rotatable bonds is 8. The van der Waals surface area contributed by atoms with Crippen LogP contribution in [0, 0.1) is 18.6 Å². The Labute approximate surface area is 202 Å². The number of benzene rings is 3. The molecule has 35 heavy (non-hydrogen) atoms. The molecule has 2 unspecified atom stereocenters. The Morgan fingerprint density at radius 1 is 0.914 bits per heavy atom. The summed E-state index contributed by atoms with van der Waals surface area (Å²) in [6.07, 6.45) is -1.90. The third-order valence-electron chi connectivity index (χ3n) is 6.10. The molecule has 1 saturated heterocycles. The molecular formula is C27H26F2N2O4. The zero-order valence-corrected chi connectivity index (χ0v) is 19.4. The van der Waals surface area contributed by atoms with Gasteiger partial charge >= 0.3 is 6.03 Å². The second-order valence-corrected chi connectivity index (χ2v) is 8.81. The van der Waals surface area contributed by atoms with E-state index in [2.05, 4.69) is 5.32 Å². The number of hydrogen-bond donors (Lipinski definition) is 2. The van der Waals surface area contributed by atoms with Crippen LogP contribution in [0.1, 0.15) is 35.3 Å². The molecule has 1 fully saturated rings. The highest BCUT2D eigenvalue weighted by atomic mass is 19.1. The third-order valence-corrected chi connectivity index (χ3v) is 6.10. The minimum atomic E-state index is -1.24. The number of nitrogens with zero attached hydrogens (tertiary/aromatic N) is 1. The zero-order chi connectivity index (χ0) is 25.2. The summed E-state index contributed by atoms with van der Waals surface area (Å²) in [4.78, 5) is 26.7. The molecular weight excluding hydrogens is 454 g/mol. The largest absolute Gasteiger partial charge is 0.389 e. The molecule has 1 aliphatic heterocycles. The molecule has 6 nitrogen and oxygen atoms in total. The van der Waals surface area contributed by atoms with Crippen LogP contribution in [-0.4, -0.2) is 41.2 Å². The highest BCUT2D eigenvalue weighted by Crippen LogP contribution is 2.30. The fourth-order valence-electron chi connectivity index (χ4n) is 4.08. The van der Waals surface area contributed by atoms with Crippen LogP contribution in [0.5, 0.6) is 0 Å². The summed E-state index contributed by atoms with van der Waals surface area (Å²) in [6.45, 7) is 3.05. The highest BCUT2D eigenvalue weighted by molar-refractivity contribution is 6.07. The van der Waals surface area contributed by atoms with Gasteiger partial charge < -0.3 is 15.2 Å². The first kappa shape index (κ1) is 24.5. The molecule has 8 heteroatoms. The fourth-order valence-corrected chi connectivity index (χ4v) is 4.08. The predicted octanol–water partition coefficient (Wildman–Crippen LogP) is 4.21. The second kappa shape index (κ2) is 9.93. The molecule has 3 aromatic carbocycles. The average molecular weight is 481 g/mol. The van der Waals surface area contributed by atoms with E-state index in [0.29, 0.717) is 16.7 Å². The number of carbonyl (C=O) groups is 2. The number of β-amino-alcohol motifs (C(OH)–C–C–N with tert-alkyl or cyclic N) is 1. The van der Waals surface area contributed by atoms with Crippen molar-refractivity contribution in [2.75, 3.05) is 13.2 Å². The van der Waals surface area contributed by atoms with E-state index >= 15 is 0 Å². The van der Waals surface area contributed by atoms with E-state index in [4.69, 9.17) is 4.74 Å². The summed E-state index contributed by atoms with van der Waals surface area (Å²) >= 11 is 0. The number of halogens is 2. The normalized spacial score (nSPS) is 18.7. The molecule has 0 aliphatic carbocycles. The van der Waals surface area contributed by atoms with Crippen LogP contribution in [-0.2, 0) is 15.1 Å². The summed E-state index contributed by atoms with van der Waals surface area (Å²) in [5.41, 5.74) is 1.63. The average Bonchev–Trinajstić information content (AvgIpc) is 3.05. The first-order valence-electron chi connectivity index (χ1n) is 11.2. The highest BCUT2D eigenvalue weighted by Gasteiger charge is 2.49. The quantitative estimate of drug-likeness (QED) is 0.474. The van der Waals surface area contributed by atoms with Crippen LogP contribution in [0.2, 0.25) is 0 Å². The van der Waals surface area contributed by atoms with Gasteiger partial charge in [0.05, 0.1) is 19.3 Å². The van der Waals surface area contributed by atoms with E-state index in [1.807, 2.05) is 19.1 Å². The number of imide groups is 1. The number of nitrogens with one attached hydrogen (secondary N) is 1. The molecule has 2 N–H and O–H groups in total. The Kier molecular flexibility index (Phi) is 6.95. The number of amides is 3. The van der Waals surface area contributed by atoms with Crippen LogP contribution in [0.3, 0.4) is 0 Å². The van der Waals surface area contributed by atoms with Gasteiger partial charge in [-0.1, -0.05) is 54.1 Å². The van der Waals surface area contributed by atoms with Crippen molar-refractivity contribution in [3.05, 3.63) is 107 Å². The number of aliphatic hydroxyl groups is 1. The molecule has 1 aliphatic rings. The van der Waals surface area contributed by atoms with Crippen molar-refractivity contribution in [2.45, 2.75) is 31.6 Å². The summed E-state index contributed by atoms with van der Waals surface area (Å²) < 4.78 is 32.8. The first-order chi connectivity index (χ1) is 16.7. The molecule has 4 rings (SSSR count). The maximum absolute atomic E-state index is 13.4. The third kappa shape index (κ3) is 5.23. The number of urea groups is 1. The molecule has 0 saturated carbocycles. The second-order valence-electron chi connectivity index (χ2n) is 8.81. The van der Waals surface area contributed by atoms with Crippen molar-refractivity contribution in [3.8, 4) is 0 Å². The number of ether oxygens (including phenoxy) is 1. The van der Waals surface area contributed by atoms with Gasteiger partial charge in [0.25, 0.3) is 5.91 Å². The van der Waals surface area contributed by atoms with Crippen LogP contribution in [0.4, 0.5) is 13.6 Å². The zero-order valence-electron chi connectivity index (χ0n) is 19.4. The molecule has 1 heterocycles. The molecule has 3 aromatic rings. The van der Waals surface area contributed by atoms with Gasteiger partial charge in [-0.2, -0.15) is 0 Å². The van der Waals surface area contributed by atoms with E-state index < -0.39 is 41.3 Å². The van der Waals surface area contributed by atoms with Gasteiger partial charge in [-0.15, -0.1) is 0 Å². The maximum Gasteiger partial charge on any atom is 0.325 e. The summed E-state index contributed by atoms with van der Waals surface area (Å²) in [5, 5.41) is 13.3. The van der Waals surface area contributed by atoms with E-state index in [0.717, 1.165) is 10.5 Å². The van der Waals surface area contributed by atoms with Gasteiger partial charge in [0.1, 0.15) is 23.3 Å².